The van der Waals surface area contributed by atoms with Crippen LogP contribution in [0.15, 0.2) is 39.8 Å². The fourth-order valence-corrected chi connectivity index (χ4v) is 2.10. The van der Waals surface area contributed by atoms with Gasteiger partial charge in [-0.2, -0.15) is 0 Å². The molecule has 1 aromatic carbocycles. The third kappa shape index (κ3) is 3.12. The number of benzene rings is 1. The van der Waals surface area contributed by atoms with Crippen molar-refractivity contribution in [3.8, 4) is 0 Å². The summed E-state index contributed by atoms with van der Waals surface area (Å²) in [5.74, 6) is -0.0652. The maximum absolute atomic E-state index is 10.6. The number of nitrogens with zero attached hydrogens (tertiary/aromatic N) is 1. The number of aromatic nitrogens is 1. The summed E-state index contributed by atoms with van der Waals surface area (Å²) in [6.07, 6.45) is 0. The molecule has 0 fully saturated rings. The molecule has 0 saturated carbocycles. The molecule has 0 radical (unpaired) electrons. The van der Waals surface area contributed by atoms with Crippen molar-refractivity contribution in [2.45, 2.75) is 17.3 Å². The van der Waals surface area contributed by atoms with E-state index in [4.69, 9.17) is 14.7 Å². The molecule has 1 heterocycles. The lowest BCUT2D eigenvalue weighted by Gasteiger charge is -2.00. The van der Waals surface area contributed by atoms with Crippen LogP contribution in [0.25, 0.3) is 0 Å². The number of hydrogen-bond acceptors (Lipinski definition) is 5. The Bertz CT molecular complexity index is 535. The van der Waals surface area contributed by atoms with Gasteiger partial charge in [0.05, 0.1) is 12.4 Å². The first-order valence-electron chi connectivity index (χ1n) is 5.20. The van der Waals surface area contributed by atoms with Gasteiger partial charge in [0.25, 0.3) is 0 Å². The minimum absolute atomic E-state index is 0.0228. The minimum atomic E-state index is -1.10. The van der Waals surface area contributed by atoms with Gasteiger partial charge in [0.15, 0.2) is 5.69 Å². The van der Waals surface area contributed by atoms with Gasteiger partial charge in [-0.05, 0) is 17.7 Å². The summed E-state index contributed by atoms with van der Waals surface area (Å²) in [7, 11) is 0. The second-order valence-corrected chi connectivity index (χ2v) is 4.62. The van der Waals surface area contributed by atoms with Crippen molar-refractivity contribution in [3.05, 3.63) is 47.3 Å². The lowest BCUT2D eigenvalue weighted by molar-refractivity contribution is 0.0685. The van der Waals surface area contributed by atoms with Crippen LogP contribution in [0.3, 0.4) is 0 Å². The predicted octanol–water partition coefficient (Wildman–Crippen LogP) is 2.16. The molecular formula is C12H11NO4S. The molecule has 0 atom stereocenters. The molecule has 0 aliphatic heterocycles. The fourth-order valence-electron chi connectivity index (χ4n) is 1.33. The van der Waals surface area contributed by atoms with Crippen LogP contribution >= 0.6 is 11.8 Å². The van der Waals surface area contributed by atoms with Gasteiger partial charge in [-0.3, -0.25) is 0 Å². The van der Waals surface area contributed by atoms with E-state index in [0.29, 0.717) is 11.5 Å². The normalized spacial score (nSPS) is 10.5. The maximum atomic E-state index is 10.6. The molecule has 18 heavy (non-hydrogen) atoms. The SMILES string of the molecule is O=C(O)c1cc(CSc2ccc(CO)cc2)on1. The molecular weight excluding hydrogens is 254 g/mol. The van der Waals surface area contributed by atoms with Crippen LogP contribution in [0.2, 0.25) is 0 Å². The van der Waals surface area contributed by atoms with Crippen molar-refractivity contribution < 1.29 is 19.5 Å². The van der Waals surface area contributed by atoms with Gasteiger partial charge in [0.2, 0.25) is 0 Å². The zero-order valence-electron chi connectivity index (χ0n) is 9.37. The van der Waals surface area contributed by atoms with Crippen LogP contribution in [0.4, 0.5) is 0 Å². The van der Waals surface area contributed by atoms with Gasteiger partial charge in [-0.15, -0.1) is 11.8 Å². The lowest BCUT2D eigenvalue weighted by Crippen LogP contribution is -1.94. The van der Waals surface area contributed by atoms with Crippen molar-refractivity contribution in [2.75, 3.05) is 0 Å². The summed E-state index contributed by atoms with van der Waals surface area (Å²) in [6, 6.07) is 8.88. The van der Waals surface area contributed by atoms with E-state index < -0.39 is 5.97 Å². The summed E-state index contributed by atoms with van der Waals surface area (Å²) >= 11 is 1.51. The van der Waals surface area contributed by atoms with Crippen molar-refractivity contribution in [1.82, 2.24) is 5.16 Å². The van der Waals surface area contributed by atoms with E-state index in [1.54, 1.807) is 0 Å². The summed E-state index contributed by atoms with van der Waals surface area (Å²) in [6.45, 7) is 0.0228. The number of aromatic carboxylic acids is 1. The molecule has 0 unspecified atom stereocenters. The van der Waals surface area contributed by atoms with E-state index in [1.807, 2.05) is 24.3 Å². The molecule has 0 amide bonds. The number of carbonyl (C=O) groups is 1. The van der Waals surface area contributed by atoms with Gasteiger partial charge in [-0.25, -0.2) is 4.79 Å². The third-order valence-corrected chi connectivity index (χ3v) is 3.30. The molecule has 1 aromatic heterocycles. The number of thioether (sulfide) groups is 1. The average molecular weight is 265 g/mol. The minimum Gasteiger partial charge on any atom is -0.476 e. The zero-order chi connectivity index (χ0) is 13.0. The van der Waals surface area contributed by atoms with Crippen LogP contribution in [-0.4, -0.2) is 21.3 Å². The van der Waals surface area contributed by atoms with Gasteiger partial charge in [-0.1, -0.05) is 17.3 Å². The van der Waals surface area contributed by atoms with E-state index in [-0.39, 0.29) is 12.3 Å². The van der Waals surface area contributed by atoms with Crippen molar-refractivity contribution in [2.24, 2.45) is 0 Å². The fraction of sp³-hybridized carbons (Fsp3) is 0.167. The maximum Gasteiger partial charge on any atom is 0.358 e. The zero-order valence-corrected chi connectivity index (χ0v) is 10.2. The highest BCUT2D eigenvalue weighted by Crippen LogP contribution is 2.23. The van der Waals surface area contributed by atoms with Crippen molar-refractivity contribution >= 4 is 17.7 Å². The second-order valence-electron chi connectivity index (χ2n) is 3.57. The van der Waals surface area contributed by atoms with E-state index in [9.17, 15) is 4.79 Å². The molecule has 0 aliphatic carbocycles. The molecule has 2 rings (SSSR count). The second kappa shape index (κ2) is 5.70. The van der Waals surface area contributed by atoms with E-state index >= 15 is 0 Å². The molecule has 0 spiro atoms. The van der Waals surface area contributed by atoms with Crippen LogP contribution in [0, 0.1) is 0 Å². The largest absolute Gasteiger partial charge is 0.476 e. The molecule has 0 aliphatic rings. The number of aliphatic hydroxyl groups is 1. The first-order chi connectivity index (χ1) is 8.69. The predicted molar refractivity (Wildman–Crippen MR) is 65.4 cm³/mol. The number of carboxylic acid groups (broad SMARTS) is 1. The molecule has 5 nitrogen and oxygen atoms in total. The molecule has 2 aromatic rings. The standard InChI is InChI=1S/C12H11NO4S/c14-6-8-1-3-10(4-2-8)18-7-9-5-11(12(15)16)13-17-9/h1-5,14H,6-7H2,(H,15,16). The Kier molecular flexibility index (Phi) is 4.01. The summed E-state index contributed by atoms with van der Waals surface area (Å²) in [5, 5.41) is 21.0. The highest BCUT2D eigenvalue weighted by molar-refractivity contribution is 7.98. The van der Waals surface area contributed by atoms with Gasteiger partial charge in [0, 0.05) is 11.0 Å². The topological polar surface area (TPSA) is 83.6 Å². The highest BCUT2D eigenvalue weighted by Gasteiger charge is 2.10. The van der Waals surface area contributed by atoms with Crippen molar-refractivity contribution in [1.29, 1.82) is 0 Å². The van der Waals surface area contributed by atoms with Crippen molar-refractivity contribution in [3.63, 3.8) is 0 Å². The Morgan fingerprint density at radius 1 is 1.33 bits per heavy atom. The van der Waals surface area contributed by atoms with Crippen LogP contribution in [0.5, 0.6) is 0 Å². The first kappa shape index (κ1) is 12.7. The monoisotopic (exact) mass is 265 g/mol. The van der Waals surface area contributed by atoms with E-state index in [1.165, 1.54) is 17.8 Å². The molecule has 2 N–H and O–H groups in total. The first-order valence-corrected chi connectivity index (χ1v) is 6.19. The quantitative estimate of drug-likeness (QED) is 0.806. The van der Waals surface area contributed by atoms with Gasteiger partial charge in [0.1, 0.15) is 5.76 Å². The van der Waals surface area contributed by atoms with E-state index in [2.05, 4.69) is 5.16 Å². The Balaban J connectivity index is 1.95. The Hall–Kier alpha value is -1.79. The Morgan fingerprint density at radius 3 is 2.61 bits per heavy atom. The van der Waals surface area contributed by atoms with Crippen LogP contribution < -0.4 is 0 Å². The number of rotatable bonds is 5. The smallest absolute Gasteiger partial charge is 0.358 e. The summed E-state index contributed by atoms with van der Waals surface area (Å²) < 4.78 is 4.90. The molecule has 0 bridgehead atoms. The van der Waals surface area contributed by atoms with Gasteiger partial charge >= 0.3 is 5.97 Å². The number of hydrogen-bond donors (Lipinski definition) is 2. The third-order valence-electron chi connectivity index (χ3n) is 2.27. The Morgan fingerprint density at radius 2 is 2.06 bits per heavy atom. The van der Waals surface area contributed by atoms with Crippen LogP contribution in [0.1, 0.15) is 21.8 Å². The Labute approximate surface area is 107 Å². The van der Waals surface area contributed by atoms with E-state index in [0.717, 1.165) is 10.5 Å². The number of aliphatic hydroxyl groups excluding tert-OH is 1. The highest BCUT2D eigenvalue weighted by atomic mass is 32.2. The van der Waals surface area contributed by atoms with Crippen LogP contribution in [-0.2, 0) is 12.4 Å². The number of carboxylic acids is 1. The summed E-state index contributed by atoms with van der Waals surface area (Å²) in [4.78, 5) is 11.6. The summed E-state index contributed by atoms with van der Waals surface area (Å²) in [5.41, 5.74) is 0.772. The molecule has 94 valence electrons. The van der Waals surface area contributed by atoms with Gasteiger partial charge < -0.3 is 14.7 Å². The lowest BCUT2D eigenvalue weighted by atomic mass is 10.2. The molecule has 6 heteroatoms. The molecule has 0 saturated heterocycles. The average Bonchev–Trinajstić information content (AvgIpc) is 2.86.